The quantitative estimate of drug-likeness (QED) is 0.184. The number of benzene rings is 3. The minimum atomic E-state index is 0. The van der Waals surface area contributed by atoms with Crippen molar-refractivity contribution < 1.29 is 24.5 Å². The van der Waals surface area contributed by atoms with Crippen molar-refractivity contribution in [3.8, 4) is 17.1 Å². The summed E-state index contributed by atoms with van der Waals surface area (Å²) in [4.78, 5) is 4.70. The Hall–Kier alpha value is -2.68. The SMILES string of the molecule is CC(C)Cc1cc(CC(C)C)c2c(oc3ccccc32)c1-n1ccnc1-c1[c-]cccc1.[Ir]. The molecule has 0 amide bonds. The van der Waals surface area contributed by atoms with Crippen LogP contribution in [0.5, 0.6) is 0 Å². The molecule has 0 N–H and O–H groups in total. The summed E-state index contributed by atoms with van der Waals surface area (Å²) in [6.45, 7) is 9.11. The van der Waals surface area contributed by atoms with Crippen LogP contribution in [0, 0.1) is 17.9 Å². The van der Waals surface area contributed by atoms with Gasteiger partial charge in [0.1, 0.15) is 5.58 Å². The summed E-state index contributed by atoms with van der Waals surface area (Å²) in [7, 11) is 0. The van der Waals surface area contributed by atoms with Crippen molar-refractivity contribution in [2.24, 2.45) is 11.8 Å². The van der Waals surface area contributed by atoms with Crippen LogP contribution in [-0.2, 0) is 32.9 Å². The Labute approximate surface area is 209 Å². The first-order valence-corrected chi connectivity index (χ1v) is 11.5. The number of imidazole rings is 1. The van der Waals surface area contributed by atoms with Crippen molar-refractivity contribution in [2.75, 3.05) is 0 Å². The monoisotopic (exact) mass is 614 g/mol. The molecule has 3 nitrogen and oxygen atoms in total. The van der Waals surface area contributed by atoms with E-state index in [0.717, 1.165) is 41.1 Å². The van der Waals surface area contributed by atoms with Crippen LogP contribution in [0.3, 0.4) is 0 Å². The van der Waals surface area contributed by atoms with Gasteiger partial charge in [-0.25, -0.2) is 0 Å². The Kier molecular flexibility index (Phi) is 6.88. The molecule has 3 aromatic carbocycles. The van der Waals surface area contributed by atoms with Crippen LogP contribution in [0.2, 0.25) is 0 Å². The van der Waals surface area contributed by atoms with Crippen molar-refractivity contribution in [1.29, 1.82) is 0 Å². The van der Waals surface area contributed by atoms with E-state index in [2.05, 4.69) is 68.7 Å². The fourth-order valence-corrected chi connectivity index (χ4v) is 4.70. The number of aromatic nitrogens is 2. The van der Waals surface area contributed by atoms with E-state index >= 15 is 0 Å². The van der Waals surface area contributed by atoms with Gasteiger partial charge >= 0.3 is 0 Å². The predicted molar refractivity (Wildman–Crippen MR) is 132 cm³/mol. The number of hydrogen-bond acceptors (Lipinski definition) is 2. The molecule has 0 aliphatic heterocycles. The second-order valence-electron chi connectivity index (χ2n) is 9.44. The molecule has 5 aromatic rings. The first kappa shape index (κ1) is 23.5. The van der Waals surface area contributed by atoms with E-state index in [9.17, 15) is 0 Å². The fourth-order valence-electron chi connectivity index (χ4n) is 4.70. The van der Waals surface area contributed by atoms with E-state index < -0.39 is 0 Å². The van der Waals surface area contributed by atoms with E-state index in [4.69, 9.17) is 9.40 Å². The van der Waals surface area contributed by atoms with Gasteiger partial charge in [0.05, 0.1) is 11.5 Å². The number of para-hydroxylation sites is 1. The largest absolute Gasteiger partial charge is 0.454 e. The van der Waals surface area contributed by atoms with Gasteiger partial charge in [-0.2, -0.15) is 0 Å². The van der Waals surface area contributed by atoms with Gasteiger partial charge in [-0.05, 0) is 41.9 Å². The van der Waals surface area contributed by atoms with Gasteiger partial charge in [-0.1, -0.05) is 52.0 Å². The Morgan fingerprint density at radius 2 is 1.67 bits per heavy atom. The molecular weight excluding hydrogens is 585 g/mol. The Bertz CT molecular complexity index is 1380. The maximum Gasteiger partial charge on any atom is 0.159 e. The standard InChI is InChI=1S/C29H29N2O.Ir/c1-19(2)16-22-18-23(17-20(3)4)27(28-26(22)24-12-8-9-13-25(24)32-28)31-15-14-30-29(31)21-10-6-5-7-11-21;/h5-10,12-15,18-20H,16-17H2,1-4H3;/q-1;. The van der Waals surface area contributed by atoms with Crippen molar-refractivity contribution in [2.45, 2.75) is 40.5 Å². The van der Waals surface area contributed by atoms with Crippen molar-refractivity contribution in [1.82, 2.24) is 9.55 Å². The van der Waals surface area contributed by atoms with Crippen molar-refractivity contribution in [3.05, 3.63) is 84.2 Å². The third kappa shape index (κ3) is 4.43. The van der Waals surface area contributed by atoms with Crippen LogP contribution in [0.25, 0.3) is 39.0 Å². The molecule has 0 saturated heterocycles. The fraction of sp³-hybridized carbons (Fsp3) is 0.276. The maximum atomic E-state index is 6.58. The summed E-state index contributed by atoms with van der Waals surface area (Å²) in [6.07, 6.45) is 5.91. The van der Waals surface area contributed by atoms with Crippen LogP contribution >= 0.6 is 0 Å². The molecule has 0 fully saturated rings. The van der Waals surface area contributed by atoms with Gasteiger partial charge in [-0.3, -0.25) is 4.98 Å². The van der Waals surface area contributed by atoms with E-state index in [0.29, 0.717) is 11.8 Å². The maximum absolute atomic E-state index is 6.58. The van der Waals surface area contributed by atoms with Crippen LogP contribution in [0.15, 0.2) is 71.4 Å². The van der Waals surface area contributed by atoms with Crippen molar-refractivity contribution in [3.63, 3.8) is 0 Å². The predicted octanol–water partition coefficient (Wildman–Crippen LogP) is 7.63. The normalized spacial score (nSPS) is 11.6. The Morgan fingerprint density at radius 1 is 0.939 bits per heavy atom. The first-order valence-electron chi connectivity index (χ1n) is 11.5. The zero-order valence-corrected chi connectivity index (χ0v) is 22.0. The Balaban J connectivity index is 0.00000259. The minimum absolute atomic E-state index is 0. The summed E-state index contributed by atoms with van der Waals surface area (Å²) < 4.78 is 8.77. The van der Waals surface area contributed by atoms with Crippen LogP contribution in [0.4, 0.5) is 0 Å². The third-order valence-electron chi connectivity index (χ3n) is 5.87. The summed E-state index contributed by atoms with van der Waals surface area (Å²) in [5.74, 6) is 1.97. The number of hydrogen-bond donors (Lipinski definition) is 0. The Morgan fingerprint density at radius 3 is 2.39 bits per heavy atom. The second kappa shape index (κ2) is 9.67. The first-order chi connectivity index (χ1) is 15.5. The zero-order valence-electron chi connectivity index (χ0n) is 19.6. The molecule has 4 heteroatoms. The number of rotatable bonds is 6. The molecule has 0 saturated carbocycles. The molecule has 0 aliphatic carbocycles. The van der Waals surface area contributed by atoms with Gasteiger partial charge in [0.15, 0.2) is 5.58 Å². The van der Waals surface area contributed by atoms with Crippen molar-refractivity contribution >= 4 is 21.9 Å². The summed E-state index contributed by atoms with van der Waals surface area (Å²) in [5, 5.41) is 2.41. The van der Waals surface area contributed by atoms with Crippen LogP contribution in [0.1, 0.15) is 38.8 Å². The topological polar surface area (TPSA) is 31.0 Å². The molecule has 0 aliphatic rings. The molecule has 33 heavy (non-hydrogen) atoms. The number of fused-ring (bicyclic) bond motifs is 3. The average Bonchev–Trinajstić information content (AvgIpc) is 3.39. The van der Waals surface area contributed by atoms with E-state index in [-0.39, 0.29) is 20.1 Å². The molecule has 2 aromatic heterocycles. The molecule has 0 atom stereocenters. The van der Waals surface area contributed by atoms with Gasteiger partial charge in [-0.15, -0.1) is 35.9 Å². The zero-order chi connectivity index (χ0) is 22.2. The van der Waals surface area contributed by atoms with Crippen LogP contribution < -0.4 is 0 Å². The summed E-state index contributed by atoms with van der Waals surface area (Å²) in [5.41, 5.74) is 6.63. The molecular formula is C29H29IrN2O-. The number of furan rings is 1. The molecule has 0 spiro atoms. The van der Waals surface area contributed by atoms with E-state index in [1.807, 2.05) is 36.7 Å². The summed E-state index contributed by atoms with van der Waals surface area (Å²) in [6, 6.07) is 22.2. The van der Waals surface area contributed by atoms with Gasteiger partial charge in [0.2, 0.25) is 0 Å². The molecule has 0 unspecified atom stereocenters. The molecule has 1 radical (unpaired) electrons. The van der Waals surface area contributed by atoms with E-state index in [1.165, 1.54) is 21.9 Å². The van der Waals surface area contributed by atoms with Gasteiger partial charge in [0, 0.05) is 43.3 Å². The molecule has 5 rings (SSSR count). The third-order valence-corrected chi connectivity index (χ3v) is 5.87. The van der Waals surface area contributed by atoms with E-state index in [1.54, 1.807) is 0 Å². The van der Waals surface area contributed by atoms with Crippen LogP contribution in [-0.4, -0.2) is 9.55 Å². The molecule has 2 heterocycles. The minimum Gasteiger partial charge on any atom is -0.454 e. The second-order valence-corrected chi connectivity index (χ2v) is 9.44. The number of nitrogens with zero attached hydrogens (tertiary/aromatic N) is 2. The van der Waals surface area contributed by atoms with Gasteiger partial charge < -0.3 is 8.98 Å². The molecule has 171 valence electrons. The average molecular weight is 614 g/mol. The smallest absolute Gasteiger partial charge is 0.159 e. The summed E-state index contributed by atoms with van der Waals surface area (Å²) >= 11 is 0. The van der Waals surface area contributed by atoms with Gasteiger partial charge in [0.25, 0.3) is 0 Å². The molecule has 0 bridgehead atoms.